The summed E-state index contributed by atoms with van der Waals surface area (Å²) in [6, 6.07) is 16.0. The topological polar surface area (TPSA) is 41.8 Å². The lowest BCUT2D eigenvalue weighted by Gasteiger charge is -2.21. The molecule has 1 aliphatic heterocycles. The maximum absolute atomic E-state index is 9.98. The Kier molecular flexibility index (Phi) is 4.02. The predicted octanol–water partition coefficient (Wildman–Crippen LogP) is 3.19. The number of aliphatic hydroxyl groups excluding tert-OH is 1. The number of rotatable bonds is 4. The number of aliphatic hydroxyl groups is 1. The van der Waals surface area contributed by atoms with E-state index in [9.17, 15) is 5.11 Å². The van der Waals surface area contributed by atoms with Crippen molar-refractivity contribution in [2.45, 2.75) is 26.0 Å². The fourth-order valence-corrected chi connectivity index (χ4v) is 2.55. The Morgan fingerprint density at radius 1 is 1.19 bits per heavy atom. The van der Waals surface area contributed by atoms with Gasteiger partial charge in [0.25, 0.3) is 0 Å². The lowest BCUT2D eigenvalue weighted by atomic mass is 9.92. The standard InChI is InChI=1S/C18H19NO2/c1-2-10-21-15-9-8-14-11-17(20)19-18(16(14)12-15)13-6-4-3-5-7-13/h3-9,12,17,20H,2,10-11H2,1H3. The number of hydrogen-bond acceptors (Lipinski definition) is 3. The molecule has 3 heteroatoms. The summed E-state index contributed by atoms with van der Waals surface area (Å²) in [5, 5.41) is 9.98. The van der Waals surface area contributed by atoms with Crippen molar-refractivity contribution in [3.05, 3.63) is 65.2 Å². The molecule has 0 saturated carbocycles. The van der Waals surface area contributed by atoms with Gasteiger partial charge in [-0.2, -0.15) is 0 Å². The molecular weight excluding hydrogens is 262 g/mol. The molecule has 1 N–H and O–H groups in total. The lowest BCUT2D eigenvalue weighted by molar-refractivity contribution is 0.183. The van der Waals surface area contributed by atoms with Gasteiger partial charge in [0, 0.05) is 17.5 Å². The van der Waals surface area contributed by atoms with Crippen molar-refractivity contribution in [3.63, 3.8) is 0 Å². The number of ether oxygens (including phenoxy) is 1. The van der Waals surface area contributed by atoms with Gasteiger partial charge in [0.15, 0.2) is 0 Å². The van der Waals surface area contributed by atoms with Crippen LogP contribution >= 0.6 is 0 Å². The molecule has 2 aromatic rings. The second-order valence-electron chi connectivity index (χ2n) is 5.20. The van der Waals surface area contributed by atoms with Gasteiger partial charge in [-0.15, -0.1) is 0 Å². The first-order valence-corrected chi connectivity index (χ1v) is 7.35. The van der Waals surface area contributed by atoms with Crippen molar-refractivity contribution >= 4 is 5.71 Å². The number of nitrogens with zero attached hydrogens (tertiary/aromatic N) is 1. The SMILES string of the molecule is CCCOc1ccc2c(c1)C(c1ccccc1)=NC(O)C2. The van der Waals surface area contributed by atoms with Crippen LogP contribution in [0.1, 0.15) is 30.0 Å². The fourth-order valence-electron chi connectivity index (χ4n) is 2.55. The van der Waals surface area contributed by atoms with E-state index in [2.05, 4.69) is 11.9 Å². The normalized spacial score (nSPS) is 17.0. The van der Waals surface area contributed by atoms with Gasteiger partial charge in [-0.05, 0) is 24.1 Å². The maximum atomic E-state index is 9.98. The zero-order valence-corrected chi connectivity index (χ0v) is 12.1. The Bertz CT molecular complexity index is 650. The van der Waals surface area contributed by atoms with Gasteiger partial charge in [-0.3, -0.25) is 4.99 Å². The lowest BCUT2D eigenvalue weighted by Crippen LogP contribution is -2.21. The molecule has 0 saturated heterocycles. The second-order valence-corrected chi connectivity index (χ2v) is 5.20. The molecule has 2 aromatic carbocycles. The summed E-state index contributed by atoms with van der Waals surface area (Å²) in [6.45, 7) is 2.80. The van der Waals surface area contributed by atoms with Gasteiger partial charge < -0.3 is 9.84 Å². The van der Waals surface area contributed by atoms with Gasteiger partial charge in [0.1, 0.15) is 12.0 Å². The van der Waals surface area contributed by atoms with Crippen LogP contribution in [-0.4, -0.2) is 23.7 Å². The minimum Gasteiger partial charge on any atom is -0.494 e. The first kappa shape index (κ1) is 13.8. The van der Waals surface area contributed by atoms with Gasteiger partial charge in [0.2, 0.25) is 0 Å². The van der Waals surface area contributed by atoms with Crippen molar-refractivity contribution in [2.75, 3.05) is 6.61 Å². The second kappa shape index (κ2) is 6.10. The highest BCUT2D eigenvalue weighted by atomic mass is 16.5. The minimum atomic E-state index is -0.671. The summed E-state index contributed by atoms with van der Waals surface area (Å²) >= 11 is 0. The average Bonchev–Trinajstić information content (AvgIpc) is 2.53. The Morgan fingerprint density at radius 3 is 2.76 bits per heavy atom. The van der Waals surface area contributed by atoms with Gasteiger partial charge >= 0.3 is 0 Å². The third kappa shape index (κ3) is 2.98. The Hall–Kier alpha value is -2.13. The minimum absolute atomic E-state index is 0.555. The zero-order valence-electron chi connectivity index (χ0n) is 12.1. The molecule has 1 aliphatic rings. The quantitative estimate of drug-likeness (QED) is 0.935. The molecule has 0 aromatic heterocycles. The predicted molar refractivity (Wildman–Crippen MR) is 84.0 cm³/mol. The van der Waals surface area contributed by atoms with Crippen LogP contribution in [0.15, 0.2) is 53.5 Å². The van der Waals surface area contributed by atoms with E-state index in [1.54, 1.807) is 0 Å². The zero-order chi connectivity index (χ0) is 14.7. The molecule has 3 nitrogen and oxygen atoms in total. The van der Waals surface area contributed by atoms with E-state index in [-0.39, 0.29) is 0 Å². The number of hydrogen-bond donors (Lipinski definition) is 1. The summed E-state index contributed by atoms with van der Waals surface area (Å²) in [5.74, 6) is 0.857. The number of benzene rings is 2. The summed E-state index contributed by atoms with van der Waals surface area (Å²) in [4.78, 5) is 4.43. The van der Waals surface area contributed by atoms with Crippen LogP contribution in [0, 0.1) is 0 Å². The molecule has 0 amide bonds. The molecule has 21 heavy (non-hydrogen) atoms. The van der Waals surface area contributed by atoms with Crippen LogP contribution in [0.2, 0.25) is 0 Å². The summed E-state index contributed by atoms with van der Waals surface area (Å²) in [7, 11) is 0. The highest BCUT2D eigenvalue weighted by molar-refractivity contribution is 6.14. The van der Waals surface area contributed by atoms with E-state index in [0.29, 0.717) is 13.0 Å². The molecule has 0 aliphatic carbocycles. The van der Waals surface area contributed by atoms with Crippen LogP contribution in [0.5, 0.6) is 5.75 Å². The first-order valence-electron chi connectivity index (χ1n) is 7.35. The van der Waals surface area contributed by atoms with Crippen LogP contribution in [0.3, 0.4) is 0 Å². The molecular formula is C18H19NO2. The van der Waals surface area contributed by atoms with E-state index < -0.39 is 6.23 Å². The van der Waals surface area contributed by atoms with Crippen molar-refractivity contribution < 1.29 is 9.84 Å². The molecule has 108 valence electrons. The van der Waals surface area contributed by atoms with E-state index in [4.69, 9.17) is 4.74 Å². The maximum Gasteiger partial charge on any atom is 0.149 e. The van der Waals surface area contributed by atoms with Gasteiger partial charge in [-0.25, -0.2) is 0 Å². The van der Waals surface area contributed by atoms with Crippen molar-refractivity contribution in [2.24, 2.45) is 4.99 Å². The molecule has 0 fully saturated rings. The smallest absolute Gasteiger partial charge is 0.149 e. The van der Waals surface area contributed by atoms with E-state index in [0.717, 1.165) is 34.6 Å². The van der Waals surface area contributed by atoms with Crippen LogP contribution in [-0.2, 0) is 6.42 Å². The van der Waals surface area contributed by atoms with Gasteiger partial charge in [-0.1, -0.05) is 43.3 Å². The van der Waals surface area contributed by atoms with Crippen LogP contribution < -0.4 is 4.74 Å². The summed E-state index contributed by atoms with van der Waals surface area (Å²) in [5.41, 5.74) is 4.02. The molecule has 1 heterocycles. The molecule has 0 spiro atoms. The Balaban J connectivity index is 2.02. The van der Waals surface area contributed by atoms with E-state index >= 15 is 0 Å². The number of aliphatic imine (C=N–C) groups is 1. The molecule has 1 unspecified atom stereocenters. The third-order valence-electron chi connectivity index (χ3n) is 3.54. The van der Waals surface area contributed by atoms with Crippen molar-refractivity contribution in [3.8, 4) is 5.75 Å². The summed E-state index contributed by atoms with van der Waals surface area (Å²) in [6.07, 6.45) is 0.866. The van der Waals surface area contributed by atoms with E-state index in [1.165, 1.54) is 0 Å². The first-order chi connectivity index (χ1) is 10.3. The van der Waals surface area contributed by atoms with E-state index in [1.807, 2.05) is 48.5 Å². The van der Waals surface area contributed by atoms with Crippen molar-refractivity contribution in [1.82, 2.24) is 0 Å². The molecule has 0 bridgehead atoms. The third-order valence-corrected chi connectivity index (χ3v) is 3.54. The number of fused-ring (bicyclic) bond motifs is 1. The molecule has 0 radical (unpaired) electrons. The average molecular weight is 281 g/mol. The highest BCUT2D eigenvalue weighted by Crippen LogP contribution is 2.26. The largest absolute Gasteiger partial charge is 0.494 e. The summed E-state index contributed by atoms with van der Waals surface area (Å²) < 4.78 is 5.71. The molecule has 1 atom stereocenters. The fraction of sp³-hybridized carbons (Fsp3) is 0.278. The van der Waals surface area contributed by atoms with Crippen LogP contribution in [0.25, 0.3) is 0 Å². The van der Waals surface area contributed by atoms with Crippen molar-refractivity contribution in [1.29, 1.82) is 0 Å². The van der Waals surface area contributed by atoms with Crippen LogP contribution in [0.4, 0.5) is 0 Å². The Morgan fingerprint density at radius 2 is 2.00 bits per heavy atom. The van der Waals surface area contributed by atoms with Gasteiger partial charge in [0.05, 0.1) is 12.3 Å². The monoisotopic (exact) mass is 281 g/mol. The highest BCUT2D eigenvalue weighted by Gasteiger charge is 2.21. The molecule has 3 rings (SSSR count). The Labute approximate surface area is 124 Å².